The molecule has 2 aromatic rings. The van der Waals surface area contributed by atoms with Gasteiger partial charge in [-0.2, -0.15) is 0 Å². The smallest absolute Gasteiger partial charge is 0.210 e. The largest absolute Gasteiger partial charge is 0.493 e. The maximum Gasteiger partial charge on any atom is 0.210 e. The van der Waals surface area contributed by atoms with Gasteiger partial charge in [0.25, 0.3) is 0 Å². The summed E-state index contributed by atoms with van der Waals surface area (Å²) in [5.41, 5.74) is 0.796. The van der Waals surface area contributed by atoms with E-state index in [1.165, 1.54) is 0 Å². The normalized spacial score (nSPS) is 10.2. The highest BCUT2D eigenvalue weighted by Gasteiger charge is 2.13. The van der Waals surface area contributed by atoms with Gasteiger partial charge in [0.15, 0.2) is 11.5 Å². The quantitative estimate of drug-likeness (QED) is 0.901. The van der Waals surface area contributed by atoms with Crippen molar-refractivity contribution in [3.05, 3.63) is 46.4 Å². The van der Waals surface area contributed by atoms with E-state index in [9.17, 15) is 0 Å². The van der Waals surface area contributed by atoms with Gasteiger partial charge in [0.1, 0.15) is 5.75 Å². The van der Waals surface area contributed by atoms with Gasteiger partial charge in [-0.1, -0.05) is 28.1 Å². The van der Waals surface area contributed by atoms with Crippen LogP contribution in [0.5, 0.6) is 23.0 Å². The molecule has 0 radical (unpaired) electrons. The van der Waals surface area contributed by atoms with Crippen LogP contribution in [-0.4, -0.2) is 19.3 Å². The van der Waals surface area contributed by atoms with Crippen molar-refractivity contribution in [1.29, 1.82) is 0 Å². The Bertz CT molecular complexity index is 576. The molecule has 0 saturated carbocycles. The van der Waals surface area contributed by atoms with Crippen LogP contribution in [-0.2, 0) is 6.61 Å². The van der Waals surface area contributed by atoms with Crippen molar-refractivity contribution in [2.75, 3.05) is 14.2 Å². The van der Waals surface area contributed by atoms with E-state index in [4.69, 9.17) is 19.3 Å². The van der Waals surface area contributed by atoms with Crippen molar-refractivity contribution in [3.8, 4) is 23.0 Å². The molecule has 0 atom stereocenters. The lowest BCUT2D eigenvalue weighted by Gasteiger charge is -2.14. The molecule has 106 valence electrons. The number of hydrogen-bond acceptors (Lipinski definition) is 4. The minimum Gasteiger partial charge on any atom is -0.493 e. The average Bonchev–Trinajstić information content (AvgIpc) is 2.47. The highest BCUT2D eigenvalue weighted by Crippen LogP contribution is 2.40. The Morgan fingerprint density at radius 2 is 1.70 bits per heavy atom. The molecule has 4 nitrogen and oxygen atoms in total. The summed E-state index contributed by atoms with van der Waals surface area (Å²) in [6.45, 7) is -0.0289. The SMILES string of the molecule is COc1cccc(OC)c1Oc1ccc(CO)c(Br)c1. The van der Waals surface area contributed by atoms with Gasteiger partial charge in [-0.25, -0.2) is 0 Å². The molecular weight excluding hydrogens is 324 g/mol. The first-order valence-corrected chi connectivity index (χ1v) is 6.77. The summed E-state index contributed by atoms with van der Waals surface area (Å²) >= 11 is 3.39. The average molecular weight is 339 g/mol. The number of rotatable bonds is 5. The minimum absolute atomic E-state index is 0.0289. The Morgan fingerprint density at radius 3 is 2.20 bits per heavy atom. The number of halogens is 1. The van der Waals surface area contributed by atoms with Crippen molar-refractivity contribution in [2.45, 2.75) is 6.61 Å². The van der Waals surface area contributed by atoms with Crippen molar-refractivity contribution in [3.63, 3.8) is 0 Å². The Labute approximate surface area is 126 Å². The lowest BCUT2D eigenvalue weighted by atomic mass is 10.2. The predicted molar refractivity (Wildman–Crippen MR) is 79.7 cm³/mol. The van der Waals surface area contributed by atoms with Crippen molar-refractivity contribution in [2.24, 2.45) is 0 Å². The van der Waals surface area contributed by atoms with Gasteiger partial charge in [-0.3, -0.25) is 0 Å². The molecule has 0 saturated heterocycles. The van der Waals surface area contributed by atoms with Crippen LogP contribution in [0.1, 0.15) is 5.56 Å². The van der Waals surface area contributed by atoms with E-state index in [1.807, 2.05) is 6.07 Å². The third-order valence-corrected chi connectivity index (χ3v) is 3.54. The summed E-state index contributed by atoms with van der Waals surface area (Å²) in [6, 6.07) is 10.8. The number of hydrogen-bond donors (Lipinski definition) is 1. The first kappa shape index (κ1) is 14.7. The maximum atomic E-state index is 9.15. The molecule has 0 aliphatic carbocycles. The van der Waals surface area contributed by atoms with Crippen LogP contribution < -0.4 is 14.2 Å². The van der Waals surface area contributed by atoms with E-state index >= 15 is 0 Å². The Kier molecular flexibility index (Phi) is 4.87. The van der Waals surface area contributed by atoms with Crippen molar-refractivity contribution >= 4 is 15.9 Å². The molecule has 20 heavy (non-hydrogen) atoms. The molecule has 0 amide bonds. The zero-order valence-electron chi connectivity index (χ0n) is 11.2. The summed E-state index contributed by atoms with van der Waals surface area (Å²) in [4.78, 5) is 0. The number of ether oxygens (including phenoxy) is 3. The molecule has 0 aliphatic rings. The Balaban J connectivity index is 2.36. The van der Waals surface area contributed by atoms with Crippen molar-refractivity contribution < 1.29 is 19.3 Å². The second-order valence-corrected chi connectivity index (χ2v) is 4.86. The first-order chi connectivity index (χ1) is 9.69. The van der Waals surface area contributed by atoms with Gasteiger partial charge in [0, 0.05) is 4.47 Å². The van der Waals surface area contributed by atoms with Gasteiger partial charge >= 0.3 is 0 Å². The van der Waals surface area contributed by atoms with Crippen molar-refractivity contribution in [1.82, 2.24) is 0 Å². The second-order valence-electron chi connectivity index (χ2n) is 4.01. The van der Waals surface area contributed by atoms with E-state index in [0.717, 1.165) is 10.0 Å². The molecule has 0 aliphatic heterocycles. The fourth-order valence-electron chi connectivity index (χ4n) is 1.76. The molecule has 1 N–H and O–H groups in total. The van der Waals surface area contributed by atoms with Crippen LogP contribution in [0.2, 0.25) is 0 Å². The monoisotopic (exact) mass is 338 g/mol. The number of methoxy groups -OCH3 is 2. The van der Waals surface area contributed by atoms with Gasteiger partial charge in [-0.05, 0) is 29.8 Å². The standard InChI is InChI=1S/C15H15BrO4/c1-18-13-4-3-5-14(19-2)15(13)20-11-7-6-10(9-17)12(16)8-11/h3-8,17H,9H2,1-2H3. The highest BCUT2D eigenvalue weighted by molar-refractivity contribution is 9.10. The zero-order valence-corrected chi connectivity index (χ0v) is 12.8. The summed E-state index contributed by atoms with van der Waals surface area (Å²) in [7, 11) is 3.15. The van der Waals surface area contributed by atoms with Gasteiger partial charge in [-0.15, -0.1) is 0 Å². The summed E-state index contributed by atoms with van der Waals surface area (Å²) in [6.07, 6.45) is 0. The maximum absolute atomic E-state index is 9.15. The lowest BCUT2D eigenvalue weighted by Crippen LogP contribution is -1.95. The molecule has 0 fully saturated rings. The van der Waals surface area contributed by atoms with E-state index < -0.39 is 0 Å². The summed E-state index contributed by atoms with van der Waals surface area (Å²) in [5, 5.41) is 9.15. The second kappa shape index (κ2) is 6.63. The van der Waals surface area contributed by atoms with Crippen LogP contribution in [0.25, 0.3) is 0 Å². The van der Waals surface area contributed by atoms with E-state index in [0.29, 0.717) is 23.0 Å². The summed E-state index contributed by atoms with van der Waals surface area (Å²) in [5.74, 6) is 2.32. The minimum atomic E-state index is -0.0289. The van der Waals surface area contributed by atoms with Crippen LogP contribution in [0, 0.1) is 0 Å². The predicted octanol–water partition coefficient (Wildman–Crippen LogP) is 3.75. The summed E-state index contributed by atoms with van der Waals surface area (Å²) < 4.78 is 17.2. The zero-order chi connectivity index (χ0) is 14.5. The highest BCUT2D eigenvalue weighted by atomic mass is 79.9. The van der Waals surface area contributed by atoms with Crippen LogP contribution in [0.15, 0.2) is 40.9 Å². The molecule has 0 aromatic heterocycles. The topological polar surface area (TPSA) is 47.9 Å². The number of aliphatic hydroxyl groups excluding tert-OH is 1. The van der Waals surface area contributed by atoms with Crippen LogP contribution in [0.3, 0.4) is 0 Å². The number of para-hydroxylation sites is 1. The molecule has 0 unspecified atom stereocenters. The molecule has 0 heterocycles. The third-order valence-electron chi connectivity index (χ3n) is 2.80. The molecular formula is C15H15BrO4. The molecule has 2 aromatic carbocycles. The van der Waals surface area contributed by atoms with Gasteiger partial charge in [0.2, 0.25) is 5.75 Å². The molecule has 0 bridgehead atoms. The van der Waals surface area contributed by atoms with Crippen LogP contribution in [0.4, 0.5) is 0 Å². The fourth-order valence-corrected chi connectivity index (χ4v) is 2.24. The number of benzene rings is 2. The lowest BCUT2D eigenvalue weighted by molar-refractivity contribution is 0.281. The molecule has 5 heteroatoms. The third kappa shape index (κ3) is 3.05. The van der Waals surface area contributed by atoms with Gasteiger partial charge in [0.05, 0.1) is 20.8 Å². The van der Waals surface area contributed by atoms with E-state index in [-0.39, 0.29) is 6.61 Å². The Morgan fingerprint density at radius 1 is 1.05 bits per heavy atom. The Hall–Kier alpha value is -1.72. The van der Waals surface area contributed by atoms with E-state index in [2.05, 4.69) is 15.9 Å². The first-order valence-electron chi connectivity index (χ1n) is 5.97. The van der Waals surface area contributed by atoms with Crippen LogP contribution >= 0.6 is 15.9 Å². The number of aliphatic hydroxyl groups is 1. The molecule has 2 rings (SSSR count). The van der Waals surface area contributed by atoms with Gasteiger partial charge < -0.3 is 19.3 Å². The van der Waals surface area contributed by atoms with E-state index in [1.54, 1.807) is 44.6 Å². The fraction of sp³-hybridized carbons (Fsp3) is 0.200. The molecule has 0 spiro atoms.